The van der Waals surface area contributed by atoms with E-state index in [1.807, 2.05) is 42.5 Å². The van der Waals surface area contributed by atoms with Gasteiger partial charge in [0.25, 0.3) is 5.91 Å². The predicted octanol–water partition coefficient (Wildman–Crippen LogP) is 4.23. The minimum Gasteiger partial charge on any atom is -0.507 e. The number of para-hydroxylation sites is 1. The Morgan fingerprint density at radius 1 is 1.17 bits per heavy atom. The summed E-state index contributed by atoms with van der Waals surface area (Å²) in [6.45, 7) is 1.58. The van der Waals surface area contributed by atoms with Gasteiger partial charge in [-0.2, -0.15) is 5.10 Å². The van der Waals surface area contributed by atoms with Crippen LogP contribution in [0.4, 0.5) is 11.5 Å². The quantitative estimate of drug-likeness (QED) is 0.451. The molecule has 4 aromatic rings. The van der Waals surface area contributed by atoms with Crippen LogP contribution in [0.2, 0.25) is 0 Å². The number of nitrogens with zero attached hydrogens (tertiary/aromatic N) is 3. The lowest BCUT2D eigenvalue weighted by Gasteiger charge is -2.25. The Labute approximate surface area is 200 Å². The van der Waals surface area contributed by atoms with Gasteiger partial charge in [0.1, 0.15) is 28.4 Å². The molecule has 1 atom stereocenters. The number of aryl methyl sites for hydroxylation is 1. The Morgan fingerprint density at radius 3 is 2.60 bits per heavy atom. The number of aromatic nitrogens is 2. The van der Waals surface area contributed by atoms with Crippen LogP contribution in [0, 0.1) is 6.92 Å². The first-order valence-electron chi connectivity index (χ1n) is 10.9. The molecule has 2 aromatic carbocycles. The first-order chi connectivity index (χ1) is 16.9. The van der Waals surface area contributed by atoms with Gasteiger partial charge < -0.3 is 19.6 Å². The van der Waals surface area contributed by atoms with Gasteiger partial charge in [-0.1, -0.05) is 30.3 Å². The maximum atomic E-state index is 13.1. The lowest BCUT2D eigenvalue weighted by Crippen LogP contribution is -2.25. The normalized spacial score (nSPS) is 14.7. The van der Waals surface area contributed by atoms with Crippen LogP contribution in [-0.4, -0.2) is 33.6 Å². The average molecular weight is 470 g/mol. The summed E-state index contributed by atoms with van der Waals surface area (Å²) in [5.41, 5.74) is 1.31. The number of benzene rings is 2. The second-order valence-corrected chi connectivity index (χ2v) is 8.10. The predicted molar refractivity (Wildman–Crippen MR) is 130 cm³/mol. The number of aliphatic imine (C=N–C) groups is 1. The fourth-order valence-corrected chi connectivity index (χ4v) is 4.12. The largest absolute Gasteiger partial charge is 0.507 e. The van der Waals surface area contributed by atoms with Gasteiger partial charge in [0.2, 0.25) is 0 Å². The zero-order valence-corrected chi connectivity index (χ0v) is 19.1. The highest BCUT2D eigenvalue weighted by atomic mass is 16.5. The van der Waals surface area contributed by atoms with Gasteiger partial charge in [-0.15, -0.1) is 0 Å². The van der Waals surface area contributed by atoms with E-state index in [0.717, 1.165) is 5.56 Å². The molecule has 9 heteroatoms. The minimum absolute atomic E-state index is 0.0315. The number of amides is 1. The van der Waals surface area contributed by atoms with Crippen LogP contribution in [0.15, 0.2) is 81.1 Å². The first-order valence-corrected chi connectivity index (χ1v) is 10.9. The van der Waals surface area contributed by atoms with E-state index in [1.165, 1.54) is 12.3 Å². The average Bonchev–Trinajstić information content (AvgIpc) is 3.28. The van der Waals surface area contributed by atoms with Crippen LogP contribution in [0.5, 0.6) is 11.5 Å². The molecule has 1 aliphatic heterocycles. The number of fused-ring (bicyclic) bond motifs is 1. The molecule has 0 spiro atoms. The Bertz CT molecular complexity index is 1490. The summed E-state index contributed by atoms with van der Waals surface area (Å²) in [7, 11) is 1.59. The Kier molecular flexibility index (Phi) is 5.66. The first kappa shape index (κ1) is 22.1. The van der Waals surface area contributed by atoms with E-state index < -0.39 is 11.5 Å². The number of anilines is 1. The van der Waals surface area contributed by atoms with Crippen LogP contribution in [0.25, 0.3) is 0 Å². The van der Waals surface area contributed by atoms with Crippen molar-refractivity contribution < 1.29 is 19.1 Å². The molecule has 35 heavy (non-hydrogen) atoms. The molecule has 5 rings (SSSR count). The van der Waals surface area contributed by atoms with Gasteiger partial charge in [0.15, 0.2) is 5.82 Å². The highest BCUT2D eigenvalue weighted by Gasteiger charge is 2.32. The van der Waals surface area contributed by atoms with Gasteiger partial charge in [0.05, 0.1) is 25.1 Å². The second-order valence-electron chi connectivity index (χ2n) is 8.10. The molecule has 0 aliphatic carbocycles. The van der Waals surface area contributed by atoms with E-state index >= 15 is 0 Å². The summed E-state index contributed by atoms with van der Waals surface area (Å²) >= 11 is 0. The molecule has 1 unspecified atom stereocenters. The second kappa shape index (κ2) is 8.94. The monoisotopic (exact) mass is 470 g/mol. The van der Waals surface area contributed by atoms with Gasteiger partial charge in [-0.3, -0.25) is 4.79 Å². The summed E-state index contributed by atoms with van der Waals surface area (Å²) in [5.74, 6) is 0.636. The van der Waals surface area contributed by atoms with Crippen molar-refractivity contribution in [1.29, 1.82) is 0 Å². The number of rotatable bonds is 5. The number of ether oxygens (including phenoxy) is 1. The number of hydrogen-bond donors (Lipinski definition) is 2. The van der Waals surface area contributed by atoms with Crippen molar-refractivity contribution in [1.82, 2.24) is 9.78 Å². The summed E-state index contributed by atoms with van der Waals surface area (Å²) in [6.07, 6.45) is 1.70. The third-order valence-electron chi connectivity index (χ3n) is 5.81. The molecule has 2 N–H and O–H groups in total. The number of nitrogens with one attached hydrogen (secondary N) is 1. The van der Waals surface area contributed by atoms with E-state index in [2.05, 4.69) is 15.4 Å². The molecule has 0 bridgehead atoms. The lowest BCUT2D eigenvalue weighted by atomic mass is 9.96. The molecule has 0 saturated carbocycles. The number of aromatic hydroxyl groups is 1. The Morgan fingerprint density at radius 2 is 1.91 bits per heavy atom. The molecular formula is C26H22N4O5. The minimum atomic E-state index is -0.696. The van der Waals surface area contributed by atoms with Crippen molar-refractivity contribution in [2.75, 3.05) is 12.4 Å². The van der Waals surface area contributed by atoms with Crippen molar-refractivity contribution in [3.8, 4) is 11.5 Å². The fraction of sp³-hybridized carbons (Fsp3) is 0.154. The van der Waals surface area contributed by atoms with Crippen LogP contribution >= 0.6 is 0 Å². The molecule has 2 aromatic heterocycles. The number of methoxy groups -OCH3 is 1. The Balaban J connectivity index is 1.63. The molecule has 0 fully saturated rings. The highest BCUT2D eigenvalue weighted by Crippen LogP contribution is 2.37. The number of hydrogen-bond acceptors (Lipinski definition) is 7. The third-order valence-corrected chi connectivity index (χ3v) is 5.81. The van der Waals surface area contributed by atoms with Crippen molar-refractivity contribution in [2.45, 2.75) is 19.4 Å². The number of carbonyl (C=O) groups is 1. The zero-order chi connectivity index (χ0) is 24.5. The SMILES string of the molecule is COc1ccc(C2CC(c3c(O)cc(C)oc3=O)=Nc3c(C(=O)Nc4ccccc4)cnn32)cc1. The van der Waals surface area contributed by atoms with Crippen molar-refractivity contribution in [2.24, 2.45) is 4.99 Å². The molecule has 1 amide bonds. The van der Waals surface area contributed by atoms with Gasteiger partial charge in [-0.25, -0.2) is 14.5 Å². The number of carbonyl (C=O) groups excluding carboxylic acids is 1. The van der Waals surface area contributed by atoms with E-state index in [4.69, 9.17) is 9.15 Å². The molecule has 1 aliphatic rings. The molecule has 176 valence electrons. The van der Waals surface area contributed by atoms with Gasteiger partial charge >= 0.3 is 5.63 Å². The zero-order valence-electron chi connectivity index (χ0n) is 19.1. The molecule has 9 nitrogen and oxygen atoms in total. The topological polar surface area (TPSA) is 119 Å². The van der Waals surface area contributed by atoms with Gasteiger partial charge in [-0.05, 0) is 36.8 Å². The van der Waals surface area contributed by atoms with Crippen molar-refractivity contribution in [3.63, 3.8) is 0 Å². The summed E-state index contributed by atoms with van der Waals surface area (Å²) in [6, 6.07) is 17.5. The van der Waals surface area contributed by atoms with E-state index in [0.29, 0.717) is 17.1 Å². The van der Waals surface area contributed by atoms with Crippen LogP contribution in [-0.2, 0) is 0 Å². The van der Waals surface area contributed by atoms with E-state index in [-0.39, 0.29) is 40.9 Å². The maximum absolute atomic E-state index is 13.1. The lowest BCUT2D eigenvalue weighted by molar-refractivity contribution is 0.102. The summed E-state index contributed by atoms with van der Waals surface area (Å²) in [4.78, 5) is 30.4. The Hall–Kier alpha value is -4.66. The fourth-order valence-electron chi connectivity index (χ4n) is 4.12. The van der Waals surface area contributed by atoms with Crippen LogP contribution in [0.1, 0.15) is 39.7 Å². The standard InChI is InChI=1S/C26H22N4O5/c1-15-12-22(31)23(26(33)35-15)20-13-21(16-8-10-18(34-2)11-9-16)30-24(29-20)19(14-27-30)25(32)28-17-6-4-3-5-7-17/h3-12,14,21,31H,13H2,1-2H3,(H,28,32). The summed E-state index contributed by atoms with van der Waals surface area (Å²) < 4.78 is 12.1. The van der Waals surface area contributed by atoms with E-state index in [9.17, 15) is 14.7 Å². The highest BCUT2D eigenvalue weighted by molar-refractivity contribution is 6.10. The molecule has 0 saturated heterocycles. The summed E-state index contributed by atoms with van der Waals surface area (Å²) in [5, 5.41) is 17.9. The van der Waals surface area contributed by atoms with Crippen molar-refractivity contribution in [3.05, 3.63) is 99.7 Å². The molecular weight excluding hydrogens is 448 g/mol. The molecule has 3 heterocycles. The third kappa shape index (κ3) is 4.19. The van der Waals surface area contributed by atoms with Crippen molar-refractivity contribution >= 4 is 23.1 Å². The smallest absolute Gasteiger partial charge is 0.348 e. The maximum Gasteiger partial charge on any atom is 0.348 e. The van der Waals surface area contributed by atoms with Crippen LogP contribution < -0.4 is 15.7 Å². The molecule has 0 radical (unpaired) electrons. The van der Waals surface area contributed by atoms with Crippen LogP contribution in [0.3, 0.4) is 0 Å². The van der Waals surface area contributed by atoms with E-state index in [1.54, 1.807) is 30.8 Å². The van der Waals surface area contributed by atoms with Gasteiger partial charge in [0, 0.05) is 18.2 Å².